The molecule has 6 nitrogen and oxygen atoms in total. The van der Waals surface area contributed by atoms with Gasteiger partial charge in [-0.05, 0) is 44.7 Å². The molecule has 6 N–H and O–H groups in total. The van der Waals surface area contributed by atoms with E-state index in [1.54, 1.807) is 6.08 Å². The van der Waals surface area contributed by atoms with Crippen LogP contribution in [-0.2, 0) is 4.74 Å². The SMILES string of the molecule is NCCCCOC1CC(NCC2=CC=C(O)C(O)C2)CC[C@H]1O. The van der Waals surface area contributed by atoms with Crippen LogP contribution >= 0.6 is 0 Å². The first-order chi connectivity index (χ1) is 11.1. The van der Waals surface area contributed by atoms with Gasteiger partial charge in [0.2, 0.25) is 0 Å². The van der Waals surface area contributed by atoms with Crippen molar-refractivity contribution in [2.75, 3.05) is 19.7 Å². The number of nitrogens with one attached hydrogen (secondary N) is 1. The fourth-order valence-corrected chi connectivity index (χ4v) is 3.10. The van der Waals surface area contributed by atoms with E-state index in [9.17, 15) is 15.3 Å². The molecule has 6 heteroatoms. The number of ether oxygens (including phenoxy) is 1. The van der Waals surface area contributed by atoms with Crippen molar-refractivity contribution in [3.05, 3.63) is 23.5 Å². The maximum absolute atomic E-state index is 10.1. The number of hydrogen-bond acceptors (Lipinski definition) is 6. The van der Waals surface area contributed by atoms with Crippen LogP contribution in [0.2, 0.25) is 0 Å². The van der Waals surface area contributed by atoms with E-state index in [0.29, 0.717) is 32.2 Å². The van der Waals surface area contributed by atoms with E-state index < -0.39 is 6.10 Å². The molecule has 1 saturated carbocycles. The van der Waals surface area contributed by atoms with Gasteiger partial charge in [-0.2, -0.15) is 0 Å². The smallest absolute Gasteiger partial charge is 0.121 e. The summed E-state index contributed by atoms with van der Waals surface area (Å²) in [6.07, 6.45) is 6.90. The van der Waals surface area contributed by atoms with E-state index in [1.165, 1.54) is 0 Å². The quantitative estimate of drug-likeness (QED) is 0.421. The third kappa shape index (κ3) is 5.90. The minimum atomic E-state index is -0.788. The largest absolute Gasteiger partial charge is 0.510 e. The van der Waals surface area contributed by atoms with Crippen molar-refractivity contribution in [1.82, 2.24) is 5.32 Å². The van der Waals surface area contributed by atoms with E-state index in [-0.39, 0.29) is 18.0 Å². The van der Waals surface area contributed by atoms with Gasteiger partial charge in [0.05, 0.1) is 12.2 Å². The Kier molecular flexibility index (Phi) is 7.52. The number of nitrogens with two attached hydrogens (primary N) is 1. The Labute approximate surface area is 138 Å². The number of aliphatic hydroxyl groups is 3. The predicted molar refractivity (Wildman–Crippen MR) is 89.1 cm³/mol. The summed E-state index contributed by atoms with van der Waals surface area (Å²) >= 11 is 0. The summed E-state index contributed by atoms with van der Waals surface area (Å²) in [6, 6.07) is 0.301. The molecule has 0 aromatic rings. The highest BCUT2D eigenvalue weighted by Gasteiger charge is 2.29. The minimum absolute atomic E-state index is 0.0282. The Morgan fingerprint density at radius 2 is 2.04 bits per heavy atom. The minimum Gasteiger partial charge on any atom is -0.510 e. The molecule has 132 valence electrons. The van der Waals surface area contributed by atoms with E-state index in [1.807, 2.05) is 6.08 Å². The first kappa shape index (κ1) is 18.4. The third-order valence-corrected chi connectivity index (χ3v) is 4.59. The Hall–Kier alpha value is -0.920. The zero-order valence-electron chi connectivity index (χ0n) is 13.7. The fourth-order valence-electron chi connectivity index (χ4n) is 3.10. The van der Waals surface area contributed by atoms with Gasteiger partial charge in [0, 0.05) is 25.6 Å². The fraction of sp³-hybridized carbons (Fsp3) is 0.765. The summed E-state index contributed by atoms with van der Waals surface area (Å²) in [7, 11) is 0. The molecule has 3 unspecified atom stereocenters. The van der Waals surface area contributed by atoms with Gasteiger partial charge in [0.15, 0.2) is 0 Å². The molecule has 0 radical (unpaired) electrons. The normalized spacial score (nSPS) is 31.6. The topological polar surface area (TPSA) is 108 Å². The van der Waals surface area contributed by atoms with E-state index in [2.05, 4.69) is 5.32 Å². The first-order valence-electron chi connectivity index (χ1n) is 8.60. The Morgan fingerprint density at radius 1 is 1.22 bits per heavy atom. The zero-order valence-corrected chi connectivity index (χ0v) is 13.7. The highest BCUT2D eigenvalue weighted by Crippen LogP contribution is 2.23. The van der Waals surface area contributed by atoms with Crippen molar-refractivity contribution >= 4 is 0 Å². The van der Waals surface area contributed by atoms with Crippen LogP contribution in [0.25, 0.3) is 0 Å². The van der Waals surface area contributed by atoms with Crippen LogP contribution in [0.4, 0.5) is 0 Å². The van der Waals surface area contributed by atoms with E-state index in [4.69, 9.17) is 10.5 Å². The van der Waals surface area contributed by atoms with Crippen LogP contribution < -0.4 is 11.1 Å². The average Bonchev–Trinajstić information content (AvgIpc) is 2.55. The summed E-state index contributed by atoms with van der Waals surface area (Å²) in [4.78, 5) is 0. The van der Waals surface area contributed by atoms with Gasteiger partial charge in [-0.3, -0.25) is 0 Å². The van der Waals surface area contributed by atoms with Crippen LogP contribution in [-0.4, -0.2) is 59.4 Å². The van der Waals surface area contributed by atoms with Crippen LogP contribution in [0.5, 0.6) is 0 Å². The molecule has 0 spiro atoms. The molecular formula is C17H30N2O4. The molecule has 1 fully saturated rings. The molecule has 0 saturated heterocycles. The van der Waals surface area contributed by atoms with Crippen molar-refractivity contribution in [3.8, 4) is 0 Å². The summed E-state index contributed by atoms with van der Waals surface area (Å²) in [5.41, 5.74) is 6.54. The maximum atomic E-state index is 10.1. The van der Waals surface area contributed by atoms with Gasteiger partial charge < -0.3 is 31.1 Å². The highest BCUT2D eigenvalue weighted by molar-refractivity contribution is 5.24. The second kappa shape index (κ2) is 9.39. The van der Waals surface area contributed by atoms with Gasteiger partial charge in [-0.15, -0.1) is 0 Å². The summed E-state index contributed by atoms with van der Waals surface area (Å²) in [6.45, 7) is 2.00. The molecule has 2 aliphatic rings. The van der Waals surface area contributed by atoms with Crippen molar-refractivity contribution in [2.24, 2.45) is 5.73 Å². The molecule has 0 aromatic carbocycles. The standard InChI is InChI=1S/C17H30N2O4/c18-7-1-2-8-23-17-10-13(4-6-15(17)21)19-11-12-3-5-14(20)16(22)9-12/h3,5,13,15-17,19-22H,1-2,4,6-11,18H2/t13?,15-,16?,17?/m1/s1. The third-order valence-electron chi connectivity index (χ3n) is 4.59. The molecule has 4 atom stereocenters. The van der Waals surface area contributed by atoms with Gasteiger partial charge in [0.1, 0.15) is 11.9 Å². The Balaban J connectivity index is 1.73. The zero-order chi connectivity index (χ0) is 16.7. The van der Waals surface area contributed by atoms with Crippen molar-refractivity contribution in [1.29, 1.82) is 0 Å². The lowest BCUT2D eigenvalue weighted by Gasteiger charge is -2.34. The van der Waals surface area contributed by atoms with Crippen molar-refractivity contribution < 1.29 is 20.1 Å². The summed E-state index contributed by atoms with van der Waals surface area (Å²) < 4.78 is 5.81. The molecule has 0 aliphatic heterocycles. The Bertz CT molecular complexity index is 425. The number of allylic oxidation sites excluding steroid dienone is 2. The van der Waals surface area contributed by atoms with Crippen LogP contribution in [0.3, 0.4) is 0 Å². The number of hydrogen-bond donors (Lipinski definition) is 5. The first-order valence-corrected chi connectivity index (χ1v) is 8.60. The van der Waals surface area contributed by atoms with Gasteiger partial charge in [-0.1, -0.05) is 11.6 Å². The molecule has 0 bridgehead atoms. The van der Waals surface area contributed by atoms with Crippen molar-refractivity contribution in [3.63, 3.8) is 0 Å². The summed E-state index contributed by atoms with van der Waals surface area (Å²) in [5, 5.41) is 32.6. The maximum Gasteiger partial charge on any atom is 0.121 e. The molecule has 2 aliphatic carbocycles. The number of unbranched alkanes of at least 4 members (excludes halogenated alkanes) is 1. The average molecular weight is 326 g/mol. The van der Waals surface area contributed by atoms with Crippen LogP contribution in [0, 0.1) is 0 Å². The molecule has 23 heavy (non-hydrogen) atoms. The van der Waals surface area contributed by atoms with Crippen LogP contribution in [0.15, 0.2) is 23.5 Å². The molecular weight excluding hydrogens is 296 g/mol. The number of aliphatic hydroxyl groups excluding tert-OH is 3. The molecule has 0 aromatic heterocycles. The summed E-state index contributed by atoms with van der Waals surface area (Å²) in [5.74, 6) is 0.0282. The lowest BCUT2D eigenvalue weighted by atomic mass is 9.90. The lowest BCUT2D eigenvalue weighted by molar-refractivity contribution is -0.0659. The highest BCUT2D eigenvalue weighted by atomic mass is 16.5. The molecule has 0 amide bonds. The molecule has 2 rings (SSSR count). The monoisotopic (exact) mass is 326 g/mol. The molecule has 0 heterocycles. The second-order valence-corrected chi connectivity index (χ2v) is 6.50. The number of rotatable bonds is 8. The second-order valence-electron chi connectivity index (χ2n) is 6.50. The van der Waals surface area contributed by atoms with Gasteiger partial charge >= 0.3 is 0 Å². The van der Waals surface area contributed by atoms with Gasteiger partial charge in [-0.25, -0.2) is 0 Å². The Morgan fingerprint density at radius 3 is 2.78 bits per heavy atom. The van der Waals surface area contributed by atoms with E-state index >= 15 is 0 Å². The lowest BCUT2D eigenvalue weighted by Crippen LogP contribution is -2.44. The van der Waals surface area contributed by atoms with Gasteiger partial charge in [0.25, 0.3) is 0 Å². The predicted octanol–water partition coefficient (Wildman–Crippen LogP) is 0.746. The van der Waals surface area contributed by atoms with Crippen LogP contribution in [0.1, 0.15) is 38.5 Å². The van der Waals surface area contributed by atoms with Crippen molar-refractivity contribution in [2.45, 2.75) is 62.9 Å². The van der Waals surface area contributed by atoms with E-state index in [0.717, 1.165) is 37.7 Å².